The molecule has 6 nitrogen and oxygen atoms in total. The second kappa shape index (κ2) is 11.2. The summed E-state index contributed by atoms with van der Waals surface area (Å²) in [6.45, 7) is 12.9. The number of aryl methyl sites for hydroxylation is 1. The lowest BCUT2D eigenvalue weighted by molar-refractivity contribution is 0.152. The van der Waals surface area contributed by atoms with Crippen molar-refractivity contribution in [1.82, 2.24) is 25.4 Å². The Labute approximate surface area is 175 Å². The van der Waals surface area contributed by atoms with Crippen LogP contribution in [0.15, 0.2) is 29.4 Å². The first kappa shape index (κ1) is 21.7. The van der Waals surface area contributed by atoms with Gasteiger partial charge in [-0.25, -0.2) is 0 Å². The average Bonchev–Trinajstić information content (AvgIpc) is 3.11. The molecule has 0 bridgehead atoms. The van der Waals surface area contributed by atoms with Gasteiger partial charge in [0.25, 0.3) is 0 Å². The maximum Gasteiger partial charge on any atom is 0.191 e. The number of piperazine rings is 1. The number of nitrogens with one attached hydrogen (secondary N) is 3. The van der Waals surface area contributed by atoms with Crippen molar-refractivity contribution in [3.63, 3.8) is 0 Å². The van der Waals surface area contributed by atoms with E-state index in [1.807, 2.05) is 0 Å². The zero-order valence-corrected chi connectivity index (χ0v) is 18.4. The number of fused-ring (bicyclic) bond motifs is 1. The smallest absolute Gasteiger partial charge is 0.191 e. The van der Waals surface area contributed by atoms with Crippen LogP contribution in [-0.4, -0.2) is 80.1 Å². The van der Waals surface area contributed by atoms with Crippen LogP contribution in [-0.2, 0) is 6.42 Å². The number of rotatable bonds is 9. The summed E-state index contributed by atoms with van der Waals surface area (Å²) < 4.78 is 0. The van der Waals surface area contributed by atoms with E-state index in [0.717, 1.165) is 38.4 Å². The van der Waals surface area contributed by atoms with Crippen molar-refractivity contribution in [3.8, 4) is 0 Å². The highest BCUT2D eigenvalue weighted by atomic mass is 15.2. The van der Waals surface area contributed by atoms with Gasteiger partial charge in [0.1, 0.15) is 0 Å². The molecule has 1 aromatic carbocycles. The topological polar surface area (TPSA) is 58.7 Å². The molecule has 0 saturated carbocycles. The Bertz CT molecular complexity index is 773. The van der Waals surface area contributed by atoms with Crippen molar-refractivity contribution in [2.45, 2.75) is 33.1 Å². The molecule has 0 radical (unpaired) electrons. The Morgan fingerprint density at radius 1 is 1.14 bits per heavy atom. The van der Waals surface area contributed by atoms with Crippen molar-refractivity contribution in [3.05, 3.63) is 35.5 Å². The minimum Gasteiger partial charge on any atom is -0.361 e. The third-order valence-electron chi connectivity index (χ3n) is 5.70. The van der Waals surface area contributed by atoms with Crippen LogP contribution in [0.3, 0.4) is 0 Å². The van der Waals surface area contributed by atoms with Crippen LogP contribution in [0.2, 0.25) is 0 Å². The number of hydrogen-bond donors (Lipinski definition) is 3. The van der Waals surface area contributed by atoms with E-state index in [-0.39, 0.29) is 0 Å². The molecule has 2 aromatic rings. The molecule has 160 valence electrons. The van der Waals surface area contributed by atoms with E-state index < -0.39 is 0 Å². The monoisotopic (exact) mass is 398 g/mol. The minimum atomic E-state index is 0.883. The summed E-state index contributed by atoms with van der Waals surface area (Å²) in [7, 11) is 2.21. The molecule has 0 amide bonds. The highest BCUT2D eigenvalue weighted by Gasteiger charge is 2.12. The molecule has 1 fully saturated rings. The van der Waals surface area contributed by atoms with Gasteiger partial charge in [-0.05, 0) is 63.9 Å². The Balaban J connectivity index is 1.38. The van der Waals surface area contributed by atoms with Crippen LogP contribution in [0.5, 0.6) is 0 Å². The fourth-order valence-electron chi connectivity index (χ4n) is 3.87. The number of unbranched alkanes of at least 4 members (excludes halogenated alkanes) is 1. The van der Waals surface area contributed by atoms with E-state index in [1.165, 1.54) is 61.2 Å². The van der Waals surface area contributed by atoms with Crippen LogP contribution in [0.4, 0.5) is 0 Å². The fourth-order valence-corrected chi connectivity index (χ4v) is 3.87. The van der Waals surface area contributed by atoms with E-state index >= 15 is 0 Å². The highest BCUT2D eigenvalue weighted by Crippen LogP contribution is 2.19. The van der Waals surface area contributed by atoms with Gasteiger partial charge in [-0.15, -0.1) is 0 Å². The molecule has 0 atom stereocenters. The van der Waals surface area contributed by atoms with Gasteiger partial charge in [0.05, 0.1) is 0 Å². The third kappa shape index (κ3) is 6.75. The van der Waals surface area contributed by atoms with E-state index in [1.54, 1.807) is 0 Å². The van der Waals surface area contributed by atoms with Crippen LogP contribution < -0.4 is 10.6 Å². The molecular weight excluding hydrogens is 360 g/mol. The van der Waals surface area contributed by atoms with Gasteiger partial charge in [0.2, 0.25) is 0 Å². The SMILES string of the molecule is CCNC(=NCCCCN1CCN(C)CC1)NCCc1c[nH]c2cc(C)ccc12. The molecular formula is C23H38N6. The van der Waals surface area contributed by atoms with Gasteiger partial charge in [0, 0.05) is 62.9 Å². The summed E-state index contributed by atoms with van der Waals surface area (Å²) in [5, 5.41) is 8.18. The van der Waals surface area contributed by atoms with Gasteiger partial charge in [-0.1, -0.05) is 12.1 Å². The van der Waals surface area contributed by atoms with E-state index in [4.69, 9.17) is 4.99 Å². The standard InChI is InChI=1S/C23H38N6/c1-4-24-23(25-10-5-6-12-29-15-13-28(3)14-16-29)26-11-9-20-18-27-22-17-19(2)7-8-21(20)22/h7-8,17-18,27H,4-6,9-16H2,1-3H3,(H2,24,25,26). The lowest BCUT2D eigenvalue weighted by Crippen LogP contribution is -2.44. The molecule has 0 spiro atoms. The Hall–Kier alpha value is -2.05. The van der Waals surface area contributed by atoms with E-state index in [9.17, 15) is 0 Å². The molecule has 6 heteroatoms. The summed E-state index contributed by atoms with van der Waals surface area (Å²) >= 11 is 0. The average molecular weight is 399 g/mol. The van der Waals surface area contributed by atoms with Crippen LogP contribution in [0.25, 0.3) is 10.9 Å². The van der Waals surface area contributed by atoms with E-state index in [2.05, 4.69) is 70.7 Å². The number of benzene rings is 1. The number of aromatic nitrogens is 1. The van der Waals surface area contributed by atoms with Gasteiger partial charge >= 0.3 is 0 Å². The summed E-state index contributed by atoms with van der Waals surface area (Å²) in [5.41, 5.74) is 3.87. The number of aliphatic imine (C=N–C) groups is 1. The maximum absolute atomic E-state index is 4.76. The molecule has 0 aliphatic carbocycles. The van der Waals surface area contributed by atoms with Gasteiger partial charge in [-0.3, -0.25) is 4.99 Å². The molecule has 2 heterocycles. The molecule has 1 aliphatic rings. The molecule has 29 heavy (non-hydrogen) atoms. The van der Waals surface area contributed by atoms with Gasteiger partial charge in [-0.2, -0.15) is 0 Å². The van der Waals surface area contributed by atoms with Crippen molar-refractivity contribution < 1.29 is 0 Å². The molecule has 1 saturated heterocycles. The van der Waals surface area contributed by atoms with Crippen molar-refractivity contribution >= 4 is 16.9 Å². The summed E-state index contributed by atoms with van der Waals surface area (Å²) in [5.74, 6) is 0.933. The molecule has 3 N–H and O–H groups in total. The third-order valence-corrected chi connectivity index (χ3v) is 5.70. The molecule has 1 aliphatic heterocycles. The first-order valence-corrected chi connectivity index (χ1v) is 11.2. The zero-order valence-electron chi connectivity index (χ0n) is 18.4. The Morgan fingerprint density at radius 3 is 2.76 bits per heavy atom. The predicted octanol–water partition coefficient (Wildman–Crippen LogP) is 2.60. The zero-order chi connectivity index (χ0) is 20.5. The van der Waals surface area contributed by atoms with Crippen molar-refractivity contribution in [2.75, 3.05) is 59.4 Å². The number of nitrogens with zero attached hydrogens (tertiary/aromatic N) is 3. The Kier molecular flexibility index (Phi) is 8.38. The molecule has 0 unspecified atom stereocenters. The number of hydrogen-bond acceptors (Lipinski definition) is 3. The maximum atomic E-state index is 4.76. The fraction of sp³-hybridized carbons (Fsp3) is 0.609. The second-order valence-electron chi connectivity index (χ2n) is 8.15. The van der Waals surface area contributed by atoms with Crippen LogP contribution in [0, 0.1) is 6.92 Å². The number of likely N-dealkylation sites (N-methyl/N-ethyl adjacent to an activating group) is 1. The largest absolute Gasteiger partial charge is 0.361 e. The summed E-state index contributed by atoms with van der Waals surface area (Å²) in [6.07, 6.45) is 5.48. The lowest BCUT2D eigenvalue weighted by Gasteiger charge is -2.32. The van der Waals surface area contributed by atoms with E-state index in [0.29, 0.717) is 0 Å². The number of guanidine groups is 1. The first-order valence-electron chi connectivity index (χ1n) is 11.2. The van der Waals surface area contributed by atoms with Crippen molar-refractivity contribution in [1.29, 1.82) is 0 Å². The quantitative estimate of drug-likeness (QED) is 0.345. The Morgan fingerprint density at radius 2 is 1.97 bits per heavy atom. The number of aromatic amines is 1. The van der Waals surface area contributed by atoms with Crippen LogP contribution in [0.1, 0.15) is 30.9 Å². The van der Waals surface area contributed by atoms with Crippen LogP contribution >= 0.6 is 0 Å². The highest BCUT2D eigenvalue weighted by molar-refractivity contribution is 5.84. The summed E-state index contributed by atoms with van der Waals surface area (Å²) in [6, 6.07) is 6.61. The minimum absolute atomic E-state index is 0.883. The van der Waals surface area contributed by atoms with Crippen molar-refractivity contribution in [2.24, 2.45) is 4.99 Å². The second-order valence-corrected chi connectivity index (χ2v) is 8.15. The molecule has 1 aromatic heterocycles. The van der Waals surface area contributed by atoms with Gasteiger partial charge < -0.3 is 25.4 Å². The first-order chi connectivity index (χ1) is 14.2. The normalized spacial score (nSPS) is 16.4. The number of H-pyrrole nitrogens is 1. The van der Waals surface area contributed by atoms with Gasteiger partial charge in [0.15, 0.2) is 5.96 Å². The molecule has 3 rings (SSSR count). The predicted molar refractivity (Wildman–Crippen MR) is 124 cm³/mol. The lowest BCUT2D eigenvalue weighted by atomic mass is 10.1. The summed E-state index contributed by atoms with van der Waals surface area (Å²) in [4.78, 5) is 13.1.